The van der Waals surface area contributed by atoms with E-state index in [0.29, 0.717) is 5.82 Å². The van der Waals surface area contributed by atoms with Crippen LogP contribution in [-0.2, 0) is 0 Å². The van der Waals surface area contributed by atoms with Crippen molar-refractivity contribution in [3.8, 4) is 0 Å². The van der Waals surface area contributed by atoms with Gasteiger partial charge in [-0.1, -0.05) is 58.7 Å². The first-order chi connectivity index (χ1) is 5.20. The molecular formula is C10H21B. The molecule has 0 aromatic carbocycles. The summed E-state index contributed by atoms with van der Waals surface area (Å²) in [5.41, 5.74) is 0. The zero-order valence-corrected chi connectivity index (χ0v) is 8.27. The van der Waals surface area contributed by atoms with E-state index in [9.17, 15) is 0 Å². The summed E-state index contributed by atoms with van der Waals surface area (Å²) >= 11 is 0. The summed E-state index contributed by atoms with van der Waals surface area (Å²) in [6.45, 7) is 6.63. The van der Waals surface area contributed by atoms with Gasteiger partial charge in [0.25, 0.3) is 0 Å². The molecule has 0 aromatic rings. The molecule has 0 spiro atoms. The lowest BCUT2D eigenvalue weighted by atomic mass is 9.82. The van der Waals surface area contributed by atoms with Crippen LogP contribution < -0.4 is 0 Å². The molecule has 0 aliphatic heterocycles. The Morgan fingerprint density at radius 2 is 1.73 bits per heavy atom. The van der Waals surface area contributed by atoms with Crippen LogP contribution in [0.4, 0.5) is 0 Å². The van der Waals surface area contributed by atoms with Crippen LogP contribution in [0.25, 0.3) is 0 Å². The predicted molar refractivity (Wildman–Crippen MR) is 53.1 cm³/mol. The summed E-state index contributed by atoms with van der Waals surface area (Å²) in [5.74, 6) is 1.31. The lowest BCUT2D eigenvalue weighted by Crippen LogP contribution is -1.99. The third kappa shape index (κ3) is 6.46. The van der Waals surface area contributed by atoms with Crippen LogP contribution in [0, 0.1) is 5.92 Å². The molecule has 11 heavy (non-hydrogen) atoms. The van der Waals surface area contributed by atoms with Gasteiger partial charge < -0.3 is 0 Å². The lowest BCUT2D eigenvalue weighted by molar-refractivity contribution is 0.417. The molecule has 0 aliphatic carbocycles. The van der Waals surface area contributed by atoms with Crippen LogP contribution in [0.3, 0.4) is 0 Å². The fraction of sp³-hybridized carbons (Fsp3) is 1.00. The third-order valence-electron chi connectivity index (χ3n) is 2.30. The van der Waals surface area contributed by atoms with E-state index in [-0.39, 0.29) is 0 Å². The van der Waals surface area contributed by atoms with E-state index in [1.807, 2.05) is 0 Å². The maximum absolute atomic E-state index is 5.69. The number of hydrogen-bond donors (Lipinski definition) is 0. The Hall–Kier alpha value is 0.0649. The third-order valence-corrected chi connectivity index (χ3v) is 2.30. The molecule has 0 saturated heterocycles. The molecule has 1 heteroatoms. The van der Waals surface area contributed by atoms with Gasteiger partial charge in [0.05, 0.1) is 7.85 Å². The van der Waals surface area contributed by atoms with Crippen LogP contribution >= 0.6 is 0 Å². The lowest BCUT2D eigenvalue weighted by Gasteiger charge is -2.14. The summed E-state index contributed by atoms with van der Waals surface area (Å²) in [6.07, 6.45) is 6.53. The monoisotopic (exact) mass is 152 g/mol. The van der Waals surface area contributed by atoms with Crippen molar-refractivity contribution in [3.05, 3.63) is 0 Å². The fourth-order valence-electron chi connectivity index (χ4n) is 1.46. The highest BCUT2D eigenvalue weighted by molar-refractivity contribution is 6.11. The van der Waals surface area contributed by atoms with Gasteiger partial charge in [0.1, 0.15) is 0 Å². The van der Waals surface area contributed by atoms with Gasteiger partial charge in [-0.15, -0.1) is 0 Å². The van der Waals surface area contributed by atoms with E-state index < -0.39 is 0 Å². The largest absolute Gasteiger partial charge is 0.0802 e. The SMILES string of the molecule is [B]C(C)CCC(CC)CCC. The van der Waals surface area contributed by atoms with Crippen molar-refractivity contribution in [2.24, 2.45) is 5.92 Å². The predicted octanol–water partition coefficient (Wildman–Crippen LogP) is 3.57. The highest BCUT2D eigenvalue weighted by Crippen LogP contribution is 2.20. The molecule has 0 fully saturated rings. The first kappa shape index (κ1) is 11.1. The van der Waals surface area contributed by atoms with E-state index in [1.165, 1.54) is 32.1 Å². The molecule has 0 saturated carbocycles. The van der Waals surface area contributed by atoms with Gasteiger partial charge in [-0.25, -0.2) is 0 Å². The van der Waals surface area contributed by atoms with Crippen molar-refractivity contribution >= 4 is 7.85 Å². The molecule has 2 atom stereocenters. The first-order valence-corrected chi connectivity index (χ1v) is 4.96. The molecule has 2 radical (unpaired) electrons. The smallest absolute Gasteiger partial charge is 0.0695 e. The van der Waals surface area contributed by atoms with E-state index in [2.05, 4.69) is 20.8 Å². The first-order valence-electron chi connectivity index (χ1n) is 4.96. The zero-order valence-electron chi connectivity index (χ0n) is 8.27. The Morgan fingerprint density at radius 1 is 1.09 bits per heavy atom. The maximum Gasteiger partial charge on any atom is 0.0695 e. The Kier molecular flexibility index (Phi) is 6.80. The van der Waals surface area contributed by atoms with Crippen molar-refractivity contribution in [1.29, 1.82) is 0 Å². The molecule has 0 amide bonds. The van der Waals surface area contributed by atoms with E-state index in [1.54, 1.807) is 0 Å². The normalized spacial score (nSPS) is 16.3. The molecule has 0 bridgehead atoms. The molecule has 0 heterocycles. The Morgan fingerprint density at radius 3 is 2.09 bits per heavy atom. The standard InChI is InChI=1S/C10H21B/c1-4-6-10(5-2)8-7-9(3)11/h9-10H,4-8H2,1-3H3. The van der Waals surface area contributed by atoms with Crippen molar-refractivity contribution in [2.45, 2.75) is 58.7 Å². The van der Waals surface area contributed by atoms with Gasteiger partial charge in [0, 0.05) is 0 Å². The fourth-order valence-corrected chi connectivity index (χ4v) is 1.46. The average Bonchev–Trinajstić information content (AvgIpc) is 1.97. The average molecular weight is 152 g/mol. The minimum Gasteiger partial charge on any atom is -0.0802 e. The minimum absolute atomic E-state index is 0.390. The molecule has 64 valence electrons. The quantitative estimate of drug-likeness (QED) is 0.510. The summed E-state index contributed by atoms with van der Waals surface area (Å²) in [6, 6.07) is 0. The molecule has 2 unspecified atom stereocenters. The molecule has 0 rings (SSSR count). The summed E-state index contributed by atoms with van der Waals surface area (Å²) in [4.78, 5) is 0. The van der Waals surface area contributed by atoms with Gasteiger partial charge in [0.2, 0.25) is 0 Å². The van der Waals surface area contributed by atoms with Crippen molar-refractivity contribution in [3.63, 3.8) is 0 Å². The molecule has 0 aliphatic rings. The van der Waals surface area contributed by atoms with Gasteiger partial charge in [-0.3, -0.25) is 0 Å². The summed E-state index contributed by atoms with van der Waals surface area (Å²) < 4.78 is 0. The second kappa shape index (κ2) is 6.76. The van der Waals surface area contributed by atoms with Crippen LogP contribution in [0.1, 0.15) is 52.9 Å². The Labute approximate surface area is 73.2 Å². The molecule has 0 aromatic heterocycles. The second-order valence-corrected chi connectivity index (χ2v) is 3.62. The van der Waals surface area contributed by atoms with Crippen LogP contribution in [0.5, 0.6) is 0 Å². The highest BCUT2D eigenvalue weighted by Gasteiger charge is 2.05. The zero-order chi connectivity index (χ0) is 8.69. The van der Waals surface area contributed by atoms with Gasteiger partial charge >= 0.3 is 0 Å². The minimum atomic E-state index is 0.390. The topological polar surface area (TPSA) is 0 Å². The second-order valence-electron chi connectivity index (χ2n) is 3.62. The van der Waals surface area contributed by atoms with Crippen LogP contribution in [-0.4, -0.2) is 7.85 Å². The van der Waals surface area contributed by atoms with Gasteiger partial charge in [-0.2, -0.15) is 0 Å². The van der Waals surface area contributed by atoms with E-state index in [0.717, 1.165) is 5.92 Å². The molecular weight excluding hydrogens is 131 g/mol. The highest BCUT2D eigenvalue weighted by atomic mass is 14.1. The van der Waals surface area contributed by atoms with Crippen molar-refractivity contribution in [1.82, 2.24) is 0 Å². The summed E-state index contributed by atoms with van der Waals surface area (Å²) in [7, 11) is 5.69. The van der Waals surface area contributed by atoms with Crippen LogP contribution in [0.2, 0.25) is 5.82 Å². The van der Waals surface area contributed by atoms with Gasteiger partial charge in [-0.05, 0) is 5.92 Å². The summed E-state index contributed by atoms with van der Waals surface area (Å²) in [5, 5.41) is 0. The Bertz CT molecular complexity index is 78.9. The molecule has 0 N–H and O–H groups in total. The van der Waals surface area contributed by atoms with Gasteiger partial charge in [0.15, 0.2) is 0 Å². The Balaban J connectivity index is 3.35. The molecule has 0 nitrogen and oxygen atoms in total. The van der Waals surface area contributed by atoms with Crippen molar-refractivity contribution in [2.75, 3.05) is 0 Å². The van der Waals surface area contributed by atoms with E-state index >= 15 is 0 Å². The number of rotatable bonds is 6. The van der Waals surface area contributed by atoms with E-state index in [4.69, 9.17) is 7.85 Å². The van der Waals surface area contributed by atoms with Crippen molar-refractivity contribution < 1.29 is 0 Å². The van der Waals surface area contributed by atoms with Crippen LogP contribution in [0.15, 0.2) is 0 Å². The maximum atomic E-state index is 5.69. The number of hydrogen-bond acceptors (Lipinski definition) is 0.